The van der Waals surface area contributed by atoms with E-state index in [9.17, 15) is 0 Å². The number of aromatic nitrogens is 3. The van der Waals surface area contributed by atoms with Gasteiger partial charge in [-0.05, 0) is 31.4 Å². The molecule has 5 heteroatoms. The van der Waals surface area contributed by atoms with E-state index in [2.05, 4.69) is 39.1 Å². The van der Waals surface area contributed by atoms with Crippen LogP contribution in [0, 0.1) is 0 Å². The number of nitrogens with one attached hydrogen (secondary N) is 2. The van der Waals surface area contributed by atoms with Crippen molar-refractivity contribution in [2.45, 2.75) is 32.2 Å². The molecular weight excluding hydrogens is 280 g/mol. The van der Waals surface area contributed by atoms with Gasteiger partial charge < -0.3 is 5.32 Å². The molecule has 1 heterocycles. The van der Waals surface area contributed by atoms with Crippen molar-refractivity contribution in [2.75, 3.05) is 18.6 Å². The van der Waals surface area contributed by atoms with Gasteiger partial charge in [0.15, 0.2) is 0 Å². The molecule has 2 N–H and O–H groups in total. The number of nitrogens with zero attached hydrogens (tertiary/aromatic N) is 2. The van der Waals surface area contributed by atoms with Crippen molar-refractivity contribution >= 4 is 11.8 Å². The highest BCUT2D eigenvalue weighted by molar-refractivity contribution is 7.98. The predicted octanol–water partition coefficient (Wildman–Crippen LogP) is 3.48. The fourth-order valence-corrected chi connectivity index (χ4v) is 2.75. The lowest BCUT2D eigenvalue weighted by molar-refractivity contribution is 0.594. The number of rotatable bonds is 10. The lowest BCUT2D eigenvalue weighted by Crippen LogP contribution is -2.15. The second-order valence-electron chi connectivity index (χ2n) is 5.07. The Kier molecular flexibility index (Phi) is 7.32. The lowest BCUT2D eigenvalue weighted by Gasteiger charge is -2.04. The summed E-state index contributed by atoms with van der Waals surface area (Å²) >= 11 is 1.93. The van der Waals surface area contributed by atoms with Crippen LogP contribution >= 0.6 is 11.8 Å². The molecule has 114 valence electrons. The average Bonchev–Trinajstić information content (AvgIpc) is 2.99. The van der Waals surface area contributed by atoms with Gasteiger partial charge in [0.2, 0.25) is 0 Å². The standard InChI is InChI=1S/C16H24N4S/c1-21-12-8-3-2-7-11-17-13-15-16(19-20-18-15)14-9-5-4-6-10-14/h4-6,9-10,17H,2-3,7-8,11-13H2,1H3,(H,18,19,20). The van der Waals surface area contributed by atoms with Crippen molar-refractivity contribution in [3.63, 3.8) is 0 Å². The third-order valence-corrected chi connectivity index (χ3v) is 4.11. The van der Waals surface area contributed by atoms with Gasteiger partial charge in [0, 0.05) is 12.1 Å². The summed E-state index contributed by atoms with van der Waals surface area (Å²) in [5, 5.41) is 14.7. The van der Waals surface area contributed by atoms with Gasteiger partial charge in [-0.2, -0.15) is 27.2 Å². The summed E-state index contributed by atoms with van der Waals surface area (Å²) in [6.07, 6.45) is 7.37. The van der Waals surface area contributed by atoms with Crippen LogP contribution < -0.4 is 5.32 Å². The minimum atomic E-state index is 0.769. The molecule has 0 radical (unpaired) electrons. The maximum absolute atomic E-state index is 4.26. The van der Waals surface area contributed by atoms with Gasteiger partial charge in [-0.15, -0.1) is 0 Å². The first-order valence-electron chi connectivity index (χ1n) is 7.56. The molecule has 0 aliphatic carbocycles. The quantitative estimate of drug-likeness (QED) is 0.660. The van der Waals surface area contributed by atoms with Gasteiger partial charge in [-0.1, -0.05) is 43.2 Å². The van der Waals surface area contributed by atoms with Crippen LogP contribution in [-0.2, 0) is 6.54 Å². The first kappa shape index (κ1) is 16.0. The highest BCUT2D eigenvalue weighted by atomic mass is 32.2. The van der Waals surface area contributed by atoms with Crippen molar-refractivity contribution < 1.29 is 0 Å². The molecule has 0 aliphatic rings. The highest BCUT2D eigenvalue weighted by Crippen LogP contribution is 2.18. The number of hydrogen-bond acceptors (Lipinski definition) is 4. The maximum atomic E-state index is 4.26. The third kappa shape index (κ3) is 5.52. The first-order valence-corrected chi connectivity index (χ1v) is 8.96. The minimum Gasteiger partial charge on any atom is -0.311 e. The Labute approximate surface area is 131 Å². The van der Waals surface area contributed by atoms with E-state index >= 15 is 0 Å². The maximum Gasteiger partial charge on any atom is 0.117 e. The Morgan fingerprint density at radius 2 is 1.86 bits per heavy atom. The van der Waals surface area contributed by atoms with E-state index < -0.39 is 0 Å². The van der Waals surface area contributed by atoms with Gasteiger partial charge in [0.25, 0.3) is 0 Å². The normalized spacial score (nSPS) is 10.9. The molecule has 2 aromatic rings. The van der Waals surface area contributed by atoms with Crippen LogP contribution in [0.15, 0.2) is 30.3 Å². The molecule has 2 rings (SSSR count). The molecule has 0 fully saturated rings. The summed E-state index contributed by atoms with van der Waals surface area (Å²) in [5.74, 6) is 1.28. The third-order valence-electron chi connectivity index (χ3n) is 3.41. The van der Waals surface area contributed by atoms with Crippen LogP contribution in [0.1, 0.15) is 31.4 Å². The van der Waals surface area contributed by atoms with Crippen LogP contribution in [0.4, 0.5) is 0 Å². The Morgan fingerprint density at radius 1 is 1.05 bits per heavy atom. The zero-order chi connectivity index (χ0) is 14.8. The SMILES string of the molecule is CSCCCCCCNCc1n[nH]nc1-c1ccccc1. The fourth-order valence-electron chi connectivity index (χ4n) is 2.26. The Bertz CT molecular complexity index is 498. The van der Waals surface area contributed by atoms with E-state index in [4.69, 9.17) is 0 Å². The molecule has 1 aromatic carbocycles. The predicted molar refractivity (Wildman–Crippen MR) is 90.4 cm³/mol. The van der Waals surface area contributed by atoms with Gasteiger partial charge in [0.1, 0.15) is 11.4 Å². The molecule has 1 aromatic heterocycles. The van der Waals surface area contributed by atoms with E-state index in [0.29, 0.717) is 0 Å². The number of H-pyrrole nitrogens is 1. The molecule has 0 unspecified atom stereocenters. The summed E-state index contributed by atoms with van der Waals surface area (Å²) in [7, 11) is 0. The van der Waals surface area contributed by atoms with Gasteiger partial charge >= 0.3 is 0 Å². The summed E-state index contributed by atoms with van der Waals surface area (Å²) in [4.78, 5) is 0. The Balaban J connectivity index is 1.69. The Morgan fingerprint density at radius 3 is 2.67 bits per heavy atom. The average molecular weight is 304 g/mol. The summed E-state index contributed by atoms with van der Waals surface area (Å²) in [6, 6.07) is 10.2. The van der Waals surface area contributed by atoms with Crippen LogP contribution in [0.5, 0.6) is 0 Å². The largest absolute Gasteiger partial charge is 0.311 e. The van der Waals surface area contributed by atoms with Crippen molar-refractivity contribution in [1.29, 1.82) is 0 Å². The molecule has 21 heavy (non-hydrogen) atoms. The van der Waals surface area contributed by atoms with Gasteiger partial charge in [-0.3, -0.25) is 0 Å². The summed E-state index contributed by atoms with van der Waals surface area (Å²) in [5.41, 5.74) is 3.05. The monoisotopic (exact) mass is 304 g/mol. The first-order chi connectivity index (χ1) is 10.4. The molecule has 0 spiro atoms. The number of benzene rings is 1. The van der Waals surface area contributed by atoms with Crippen molar-refractivity contribution in [3.05, 3.63) is 36.0 Å². The van der Waals surface area contributed by atoms with E-state index in [1.54, 1.807) is 0 Å². The zero-order valence-electron chi connectivity index (χ0n) is 12.6. The van der Waals surface area contributed by atoms with Crippen LogP contribution in [0.3, 0.4) is 0 Å². The highest BCUT2D eigenvalue weighted by Gasteiger charge is 2.08. The number of aromatic amines is 1. The molecule has 4 nitrogen and oxygen atoms in total. The van der Waals surface area contributed by atoms with E-state index in [0.717, 1.165) is 30.0 Å². The number of unbranched alkanes of at least 4 members (excludes halogenated alkanes) is 3. The van der Waals surface area contributed by atoms with E-state index in [1.807, 2.05) is 30.0 Å². The smallest absolute Gasteiger partial charge is 0.117 e. The lowest BCUT2D eigenvalue weighted by atomic mass is 10.1. The number of hydrogen-bond donors (Lipinski definition) is 2. The second kappa shape index (κ2) is 9.58. The number of thioether (sulfide) groups is 1. The van der Waals surface area contributed by atoms with Crippen LogP contribution in [0.2, 0.25) is 0 Å². The molecular formula is C16H24N4S. The topological polar surface area (TPSA) is 53.6 Å². The molecule has 0 bridgehead atoms. The Hall–Kier alpha value is -1.33. The summed E-state index contributed by atoms with van der Waals surface area (Å²) in [6.45, 7) is 1.81. The molecule has 0 aliphatic heterocycles. The van der Waals surface area contributed by atoms with Gasteiger partial charge in [-0.25, -0.2) is 0 Å². The van der Waals surface area contributed by atoms with Crippen LogP contribution in [0.25, 0.3) is 11.3 Å². The molecule has 0 saturated heterocycles. The van der Waals surface area contributed by atoms with E-state index in [-0.39, 0.29) is 0 Å². The van der Waals surface area contributed by atoms with Gasteiger partial charge in [0.05, 0.1) is 0 Å². The van der Waals surface area contributed by atoms with Crippen molar-refractivity contribution in [1.82, 2.24) is 20.7 Å². The fraction of sp³-hybridized carbons (Fsp3) is 0.500. The second-order valence-corrected chi connectivity index (χ2v) is 6.05. The van der Waals surface area contributed by atoms with Crippen molar-refractivity contribution in [2.24, 2.45) is 0 Å². The molecule has 0 atom stereocenters. The summed E-state index contributed by atoms with van der Waals surface area (Å²) < 4.78 is 0. The van der Waals surface area contributed by atoms with Crippen molar-refractivity contribution in [3.8, 4) is 11.3 Å². The zero-order valence-corrected chi connectivity index (χ0v) is 13.5. The van der Waals surface area contributed by atoms with Crippen LogP contribution in [-0.4, -0.2) is 34.0 Å². The van der Waals surface area contributed by atoms with E-state index in [1.165, 1.54) is 31.4 Å². The minimum absolute atomic E-state index is 0.769. The molecule has 0 amide bonds. The molecule has 0 saturated carbocycles.